The zero-order valence-corrected chi connectivity index (χ0v) is 16.6. The van der Waals surface area contributed by atoms with Gasteiger partial charge in [0.2, 0.25) is 0 Å². The summed E-state index contributed by atoms with van der Waals surface area (Å²) in [6.45, 7) is 3.53. The predicted molar refractivity (Wildman–Crippen MR) is 114 cm³/mol. The third-order valence-corrected chi connectivity index (χ3v) is 4.11. The van der Waals surface area contributed by atoms with E-state index in [0.717, 1.165) is 22.6 Å². The molecule has 2 aromatic carbocycles. The number of para-hydroxylation sites is 2. The second-order valence-corrected chi connectivity index (χ2v) is 5.73. The van der Waals surface area contributed by atoms with Gasteiger partial charge < -0.3 is 9.47 Å². The zero-order valence-electron chi connectivity index (χ0n) is 16.6. The fraction of sp³-hybridized carbons (Fsp3) is 0.231. The highest BCUT2D eigenvalue weighted by molar-refractivity contribution is 5.51. The molecule has 28 heavy (non-hydrogen) atoms. The second kappa shape index (κ2) is 11.1. The normalized spacial score (nSPS) is 10.9. The Kier molecular flexibility index (Phi) is 8.16. The number of ether oxygens (including phenoxy) is 2. The van der Waals surface area contributed by atoms with Crippen molar-refractivity contribution in [1.29, 1.82) is 0 Å². The van der Waals surface area contributed by atoms with Crippen LogP contribution in [0.3, 0.4) is 0 Å². The molecule has 138 valence electrons. The molecule has 0 aliphatic carbocycles. The van der Waals surface area contributed by atoms with Crippen molar-refractivity contribution in [1.82, 2.24) is 0 Å². The number of hydrogen-bond acceptors (Lipinski definition) is 2. The molecule has 0 aliphatic heterocycles. The van der Waals surface area contributed by atoms with E-state index in [2.05, 4.69) is 47.4 Å². The average Bonchev–Trinajstić information content (AvgIpc) is 2.75. The first-order valence-electron chi connectivity index (χ1n) is 8.87. The maximum absolute atomic E-state index is 5.59. The van der Waals surface area contributed by atoms with Crippen LogP contribution in [0, 0.1) is 47.4 Å². The van der Waals surface area contributed by atoms with Gasteiger partial charge in [-0.2, -0.15) is 0 Å². The van der Waals surface area contributed by atoms with E-state index < -0.39 is 0 Å². The maximum atomic E-state index is 5.59. The summed E-state index contributed by atoms with van der Waals surface area (Å²) >= 11 is 0. The van der Waals surface area contributed by atoms with Crippen molar-refractivity contribution in [2.45, 2.75) is 25.7 Å². The van der Waals surface area contributed by atoms with Crippen molar-refractivity contribution in [2.24, 2.45) is 0 Å². The largest absolute Gasteiger partial charge is 0.496 e. The molecule has 0 heterocycles. The van der Waals surface area contributed by atoms with E-state index in [4.69, 9.17) is 9.47 Å². The van der Waals surface area contributed by atoms with E-state index in [0.29, 0.717) is 0 Å². The van der Waals surface area contributed by atoms with Gasteiger partial charge in [0.05, 0.1) is 26.1 Å². The summed E-state index contributed by atoms with van der Waals surface area (Å²) < 4.78 is 11.2. The smallest absolute Gasteiger partial charge is 0.123 e. The lowest BCUT2D eigenvalue weighted by Gasteiger charge is -2.22. The molecule has 2 rings (SSSR count). The van der Waals surface area contributed by atoms with Crippen LogP contribution in [-0.2, 0) is 0 Å². The number of hydrogen-bond donors (Lipinski definition) is 0. The molecular formula is C26H22O2. The van der Waals surface area contributed by atoms with E-state index >= 15 is 0 Å². The average molecular weight is 366 g/mol. The molecule has 0 saturated heterocycles. The fourth-order valence-electron chi connectivity index (χ4n) is 2.88. The van der Waals surface area contributed by atoms with E-state index in [1.165, 1.54) is 0 Å². The van der Waals surface area contributed by atoms with Crippen LogP contribution < -0.4 is 9.47 Å². The first-order valence-corrected chi connectivity index (χ1v) is 8.87. The quantitative estimate of drug-likeness (QED) is 0.719. The minimum Gasteiger partial charge on any atom is -0.496 e. The van der Waals surface area contributed by atoms with Crippen LogP contribution in [0.2, 0.25) is 0 Å². The van der Waals surface area contributed by atoms with Crippen LogP contribution >= 0.6 is 0 Å². The van der Waals surface area contributed by atoms with E-state index in [1.807, 2.05) is 48.5 Å². The Bertz CT molecular complexity index is 963. The van der Waals surface area contributed by atoms with Gasteiger partial charge >= 0.3 is 0 Å². The van der Waals surface area contributed by atoms with E-state index in [9.17, 15) is 0 Å². The summed E-state index contributed by atoms with van der Waals surface area (Å²) in [4.78, 5) is 0. The lowest BCUT2D eigenvalue weighted by atomic mass is 9.81. The second-order valence-electron chi connectivity index (χ2n) is 5.73. The van der Waals surface area contributed by atoms with Crippen LogP contribution in [0.15, 0.2) is 48.5 Å². The summed E-state index contributed by atoms with van der Waals surface area (Å²) in [5, 5.41) is 0. The first kappa shape index (κ1) is 20.6. The van der Waals surface area contributed by atoms with Crippen molar-refractivity contribution in [3.63, 3.8) is 0 Å². The zero-order chi connectivity index (χ0) is 20.2. The van der Waals surface area contributed by atoms with E-state index in [1.54, 1.807) is 28.1 Å². The van der Waals surface area contributed by atoms with E-state index in [-0.39, 0.29) is 11.8 Å². The molecule has 2 nitrogen and oxygen atoms in total. The predicted octanol–water partition coefficient (Wildman–Crippen LogP) is 4.62. The molecule has 0 fully saturated rings. The SMILES string of the molecule is CC#CC#C[C@@H](c1ccccc1OC)[C@@H](C#CC#CC)c1ccccc1OC. The molecular weight excluding hydrogens is 344 g/mol. The van der Waals surface area contributed by atoms with Crippen molar-refractivity contribution in [2.75, 3.05) is 14.2 Å². The Morgan fingerprint density at radius 1 is 0.607 bits per heavy atom. The summed E-state index contributed by atoms with van der Waals surface area (Å²) in [5.74, 6) is 24.7. The Hall–Kier alpha value is -3.72. The maximum Gasteiger partial charge on any atom is 0.123 e. The number of methoxy groups -OCH3 is 2. The molecule has 0 aliphatic rings. The molecule has 0 aromatic heterocycles. The van der Waals surface area contributed by atoms with Gasteiger partial charge in [-0.25, -0.2) is 0 Å². The van der Waals surface area contributed by atoms with Crippen LogP contribution in [-0.4, -0.2) is 14.2 Å². The van der Waals surface area contributed by atoms with Gasteiger partial charge in [0.15, 0.2) is 0 Å². The van der Waals surface area contributed by atoms with Gasteiger partial charge in [-0.05, 0) is 49.7 Å². The van der Waals surface area contributed by atoms with Gasteiger partial charge in [0.25, 0.3) is 0 Å². The lowest BCUT2D eigenvalue weighted by molar-refractivity contribution is 0.402. The van der Waals surface area contributed by atoms with Gasteiger partial charge in [-0.1, -0.05) is 60.1 Å². The highest BCUT2D eigenvalue weighted by Gasteiger charge is 2.27. The Morgan fingerprint density at radius 2 is 1.00 bits per heavy atom. The lowest BCUT2D eigenvalue weighted by Crippen LogP contribution is -2.11. The molecule has 2 atom stereocenters. The summed E-state index contributed by atoms with van der Waals surface area (Å²) in [7, 11) is 3.31. The van der Waals surface area contributed by atoms with Gasteiger partial charge in [0.1, 0.15) is 11.5 Å². The molecule has 0 spiro atoms. The number of benzene rings is 2. The van der Waals surface area contributed by atoms with Crippen LogP contribution in [0.1, 0.15) is 36.8 Å². The molecule has 2 aromatic rings. The van der Waals surface area contributed by atoms with Crippen molar-refractivity contribution >= 4 is 0 Å². The summed E-state index contributed by atoms with van der Waals surface area (Å²) in [5.41, 5.74) is 1.90. The van der Waals surface area contributed by atoms with Crippen molar-refractivity contribution < 1.29 is 9.47 Å². The first-order chi connectivity index (χ1) is 13.8. The minimum atomic E-state index is -0.264. The highest BCUT2D eigenvalue weighted by atomic mass is 16.5. The topological polar surface area (TPSA) is 18.5 Å². The Labute approximate surface area is 168 Å². The Morgan fingerprint density at radius 3 is 1.36 bits per heavy atom. The number of rotatable bonds is 5. The third kappa shape index (κ3) is 5.15. The van der Waals surface area contributed by atoms with Crippen molar-refractivity contribution in [3.05, 3.63) is 59.7 Å². The molecule has 0 radical (unpaired) electrons. The minimum absolute atomic E-state index is 0.264. The summed E-state index contributed by atoms with van der Waals surface area (Å²) in [6.07, 6.45) is 0. The van der Waals surface area contributed by atoms with Gasteiger partial charge in [-0.15, -0.1) is 0 Å². The fourth-order valence-corrected chi connectivity index (χ4v) is 2.88. The monoisotopic (exact) mass is 366 g/mol. The summed E-state index contributed by atoms with van der Waals surface area (Å²) in [6, 6.07) is 15.7. The molecule has 0 N–H and O–H groups in total. The van der Waals surface area contributed by atoms with Crippen LogP contribution in [0.4, 0.5) is 0 Å². The van der Waals surface area contributed by atoms with Gasteiger partial charge in [0, 0.05) is 11.1 Å². The molecule has 0 amide bonds. The molecule has 2 heteroatoms. The van der Waals surface area contributed by atoms with Crippen LogP contribution in [0.5, 0.6) is 11.5 Å². The molecule has 0 saturated carbocycles. The van der Waals surface area contributed by atoms with Crippen LogP contribution in [0.25, 0.3) is 0 Å². The highest BCUT2D eigenvalue weighted by Crippen LogP contribution is 2.40. The third-order valence-electron chi connectivity index (χ3n) is 4.11. The standard InChI is InChI=1S/C26H22O2/c1-5-7-9-15-21(23-17-11-13-19-25(23)27-3)22(16-10-8-6-2)24-18-12-14-20-26(24)28-4/h11-14,17-22H,1-4H3/t21-,22-/m1/s1. The Balaban J connectivity index is 2.74. The van der Waals surface area contributed by atoms with Crippen molar-refractivity contribution in [3.8, 4) is 58.9 Å². The van der Waals surface area contributed by atoms with Gasteiger partial charge in [-0.3, -0.25) is 0 Å². The molecule has 0 unspecified atom stereocenters. The molecule has 0 bridgehead atoms.